The zero-order chi connectivity index (χ0) is 25.9. The van der Waals surface area contributed by atoms with Crippen LogP contribution in [0, 0.1) is 0 Å². The second kappa shape index (κ2) is 10.6. The molecule has 3 aromatic rings. The van der Waals surface area contributed by atoms with Gasteiger partial charge in [0.1, 0.15) is 0 Å². The first-order valence-electron chi connectivity index (χ1n) is 12.7. The maximum Gasteiger partial charge on any atom is 0.255 e. The molecule has 1 saturated heterocycles. The summed E-state index contributed by atoms with van der Waals surface area (Å²) in [7, 11) is 0. The van der Waals surface area contributed by atoms with E-state index in [2.05, 4.69) is 21.6 Å². The summed E-state index contributed by atoms with van der Waals surface area (Å²) in [6.07, 6.45) is -2.12. The van der Waals surface area contributed by atoms with E-state index in [-0.39, 0.29) is 6.04 Å². The molecule has 0 spiro atoms. The van der Waals surface area contributed by atoms with Gasteiger partial charge in [0.25, 0.3) is 11.8 Å². The molecule has 37 heavy (non-hydrogen) atoms. The number of carbonyl (C=O) groups excluding carboxylic acids is 2. The van der Waals surface area contributed by atoms with Crippen LogP contribution in [0.2, 0.25) is 0 Å². The number of aliphatic hydroxyl groups is 2. The van der Waals surface area contributed by atoms with Crippen LogP contribution < -0.4 is 15.5 Å². The summed E-state index contributed by atoms with van der Waals surface area (Å²) in [5, 5.41) is 27.2. The van der Waals surface area contributed by atoms with E-state index in [0.29, 0.717) is 13.2 Å². The highest BCUT2D eigenvalue weighted by Crippen LogP contribution is 2.36. The molecule has 0 aliphatic carbocycles. The van der Waals surface area contributed by atoms with Gasteiger partial charge in [0.15, 0.2) is 12.2 Å². The molecule has 4 N–H and O–H groups in total. The number of nitrogens with one attached hydrogen (secondary N) is 2. The van der Waals surface area contributed by atoms with Gasteiger partial charge in [-0.1, -0.05) is 54.6 Å². The molecule has 5 rings (SSSR count). The molecule has 2 aliphatic heterocycles. The van der Waals surface area contributed by atoms with Gasteiger partial charge in [0.05, 0.1) is 30.1 Å². The predicted molar refractivity (Wildman–Crippen MR) is 142 cm³/mol. The standard InChI is InChI=1S/C29H32N4O4/c1-19(20-13-15-22(16-14-20)33-18-30-23-10-5-6-11-25(23)33)31-28(36)26(34)27(35)29(37)32-17-7-12-24(32)21-8-3-2-4-9-21/h2-6,8-11,13-16,19,24,26-27,30,34-35H,7,12,17-18H2,1H3,(H,31,36)/t19-,24-,26-,27-/m1/s1. The number of carbonyl (C=O) groups is 2. The highest BCUT2D eigenvalue weighted by atomic mass is 16.3. The van der Waals surface area contributed by atoms with Crippen LogP contribution in [-0.4, -0.2) is 52.3 Å². The van der Waals surface area contributed by atoms with E-state index < -0.39 is 30.1 Å². The van der Waals surface area contributed by atoms with Crippen LogP contribution in [0.1, 0.15) is 43.0 Å². The Hall–Kier alpha value is -3.88. The molecule has 0 radical (unpaired) electrons. The van der Waals surface area contributed by atoms with Crippen LogP contribution in [0.15, 0.2) is 78.9 Å². The minimum absolute atomic E-state index is 0.172. The molecule has 0 unspecified atom stereocenters. The summed E-state index contributed by atoms with van der Waals surface area (Å²) >= 11 is 0. The van der Waals surface area contributed by atoms with Gasteiger partial charge in [0, 0.05) is 12.2 Å². The Kier molecular flexibility index (Phi) is 7.12. The van der Waals surface area contributed by atoms with Crippen molar-refractivity contribution in [3.63, 3.8) is 0 Å². The zero-order valence-electron chi connectivity index (χ0n) is 20.7. The van der Waals surface area contributed by atoms with E-state index in [9.17, 15) is 19.8 Å². The number of benzene rings is 3. The number of rotatable bonds is 7. The molecule has 192 valence electrons. The fraction of sp³-hybridized carbons (Fsp3) is 0.310. The SMILES string of the molecule is C[C@@H](NC(=O)[C@H](O)[C@@H](O)C(=O)N1CCC[C@@H]1c1ccccc1)c1ccc(N2CNc3ccccc32)cc1. The van der Waals surface area contributed by atoms with Crippen molar-refractivity contribution in [2.24, 2.45) is 0 Å². The van der Waals surface area contributed by atoms with Gasteiger partial charge in [0.2, 0.25) is 0 Å². The van der Waals surface area contributed by atoms with Crippen molar-refractivity contribution < 1.29 is 19.8 Å². The number of aliphatic hydroxyl groups excluding tert-OH is 2. The number of anilines is 3. The number of nitrogens with zero attached hydrogens (tertiary/aromatic N) is 2. The quantitative estimate of drug-likeness (QED) is 0.396. The minimum Gasteiger partial charge on any atom is -0.380 e. The number of hydrogen-bond acceptors (Lipinski definition) is 6. The largest absolute Gasteiger partial charge is 0.380 e. The summed E-state index contributed by atoms with van der Waals surface area (Å²) in [6.45, 7) is 2.95. The van der Waals surface area contributed by atoms with Crippen molar-refractivity contribution in [3.8, 4) is 0 Å². The lowest BCUT2D eigenvalue weighted by atomic mass is 10.0. The molecule has 8 nitrogen and oxygen atoms in total. The third kappa shape index (κ3) is 5.03. The van der Waals surface area contributed by atoms with Crippen molar-refractivity contribution in [2.75, 3.05) is 23.4 Å². The molecular weight excluding hydrogens is 468 g/mol. The Labute approximate surface area is 216 Å². The fourth-order valence-corrected chi connectivity index (χ4v) is 5.16. The third-order valence-corrected chi connectivity index (χ3v) is 7.23. The molecule has 1 fully saturated rings. The highest BCUT2D eigenvalue weighted by Gasteiger charge is 2.38. The minimum atomic E-state index is -1.86. The van der Waals surface area contributed by atoms with Crippen molar-refractivity contribution in [3.05, 3.63) is 90.0 Å². The van der Waals surface area contributed by atoms with Gasteiger partial charge in [-0.2, -0.15) is 0 Å². The Morgan fingerprint density at radius 2 is 1.65 bits per heavy atom. The van der Waals surface area contributed by atoms with Crippen LogP contribution in [0.4, 0.5) is 17.1 Å². The number of amides is 2. The van der Waals surface area contributed by atoms with E-state index in [0.717, 1.165) is 41.0 Å². The lowest BCUT2D eigenvalue weighted by molar-refractivity contribution is -0.154. The first kappa shape index (κ1) is 24.8. The Morgan fingerprint density at radius 1 is 0.946 bits per heavy atom. The molecule has 8 heteroatoms. The molecule has 0 aromatic heterocycles. The maximum absolute atomic E-state index is 13.0. The Bertz CT molecular complexity index is 1250. The second-order valence-electron chi connectivity index (χ2n) is 9.59. The van der Waals surface area contributed by atoms with E-state index in [4.69, 9.17) is 0 Å². The van der Waals surface area contributed by atoms with E-state index in [1.807, 2.05) is 72.8 Å². The second-order valence-corrected chi connectivity index (χ2v) is 9.59. The Balaban J connectivity index is 1.20. The summed E-state index contributed by atoms with van der Waals surface area (Å²) < 4.78 is 0. The smallest absolute Gasteiger partial charge is 0.255 e. The molecule has 2 amide bonds. The van der Waals surface area contributed by atoms with Gasteiger partial charge in [-0.05, 0) is 55.2 Å². The van der Waals surface area contributed by atoms with Gasteiger partial charge in [-0.25, -0.2) is 0 Å². The molecule has 0 saturated carbocycles. The lowest BCUT2D eigenvalue weighted by Gasteiger charge is -2.29. The van der Waals surface area contributed by atoms with Crippen LogP contribution >= 0.6 is 0 Å². The van der Waals surface area contributed by atoms with Gasteiger partial charge < -0.3 is 30.6 Å². The summed E-state index contributed by atoms with van der Waals surface area (Å²) in [6, 6.07) is 24.9. The normalized spacial score (nSPS) is 19.1. The van der Waals surface area contributed by atoms with Crippen molar-refractivity contribution >= 4 is 28.9 Å². The summed E-state index contributed by atoms with van der Waals surface area (Å²) in [4.78, 5) is 29.5. The van der Waals surface area contributed by atoms with Crippen molar-refractivity contribution in [1.29, 1.82) is 0 Å². The number of hydrogen-bond donors (Lipinski definition) is 4. The van der Waals surface area contributed by atoms with E-state index in [1.54, 1.807) is 11.8 Å². The average Bonchev–Trinajstić information content (AvgIpc) is 3.60. The monoisotopic (exact) mass is 500 g/mol. The average molecular weight is 501 g/mol. The first-order valence-corrected chi connectivity index (χ1v) is 12.7. The topological polar surface area (TPSA) is 105 Å². The van der Waals surface area contributed by atoms with Crippen LogP contribution in [0.3, 0.4) is 0 Å². The van der Waals surface area contributed by atoms with Crippen LogP contribution in [-0.2, 0) is 9.59 Å². The molecule has 0 bridgehead atoms. The van der Waals surface area contributed by atoms with Gasteiger partial charge in [-0.15, -0.1) is 0 Å². The van der Waals surface area contributed by atoms with Gasteiger partial charge in [-0.3, -0.25) is 9.59 Å². The van der Waals surface area contributed by atoms with Gasteiger partial charge >= 0.3 is 0 Å². The highest BCUT2D eigenvalue weighted by molar-refractivity contribution is 5.91. The van der Waals surface area contributed by atoms with E-state index >= 15 is 0 Å². The summed E-state index contributed by atoms with van der Waals surface area (Å²) in [5.41, 5.74) is 5.02. The predicted octanol–water partition coefficient (Wildman–Crippen LogP) is 3.47. The molecule has 2 aliphatic rings. The molecular formula is C29H32N4O4. The third-order valence-electron chi connectivity index (χ3n) is 7.23. The molecule has 2 heterocycles. The zero-order valence-corrected chi connectivity index (χ0v) is 20.7. The Morgan fingerprint density at radius 3 is 2.41 bits per heavy atom. The number of fused-ring (bicyclic) bond motifs is 1. The van der Waals surface area contributed by atoms with Crippen molar-refractivity contribution in [2.45, 2.75) is 44.1 Å². The fourth-order valence-electron chi connectivity index (χ4n) is 5.16. The lowest BCUT2D eigenvalue weighted by Crippen LogP contribution is -2.50. The number of likely N-dealkylation sites (tertiary alicyclic amines) is 1. The van der Waals surface area contributed by atoms with Crippen molar-refractivity contribution in [1.82, 2.24) is 10.2 Å². The van der Waals surface area contributed by atoms with Crippen LogP contribution in [0.25, 0.3) is 0 Å². The van der Waals surface area contributed by atoms with E-state index in [1.165, 1.54) is 0 Å². The van der Waals surface area contributed by atoms with Crippen LogP contribution in [0.5, 0.6) is 0 Å². The molecule has 4 atom stereocenters. The molecule has 3 aromatic carbocycles. The maximum atomic E-state index is 13.0. The number of para-hydroxylation sites is 2. The first-order chi connectivity index (χ1) is 17.9. The summed E-state index contributed by atoms with van der Waals surface area (Å²) in [5.74, 6) is -1.42.